The second-order valence-corrected chi connectivity index (χ2v) is 9.55. The monoisotopic (exact) mass is 485 g/mol. The van der Waals surface area contributed by atoms with Crippen LogP contribution in [0.1, 0.15) is 40.9 Å². The second-order valence-electron chi connectivity index (χ2n) is 7.00. The molecule has 5 nitrogen and oxygen atoms in total. The number of hydrogen-bond donors (Lipinski definition) is 1. The van der Waals surface area contributed by atoms with E-state index in [1.54, 1.807) is 18.2 Å². The molecule has 0 aliphatic heterocycles. The van der Waals surface area contributed by atoms with Crippen LogP contribution in [0.3, 0.4) is 0 Å². The highest BCUT2D eigenvalue weighted by Crippen LogP contribution is 2.38. The second kappa shape index (κ2) is 8.99. The molecule has 170 valence electrons. The molecule has 1 heterocycles. The van der Waals surface area contributed by atoms with Crippen LogP contribution < -0.4 is 0 Å². The SMILES string of the molecule is C=CC(c1ccc(C(F)(F)F)cc1)S(=O)(=O)C(OC(=O)CC)c1cc2cc(Cl)ccc2[nH]1. The molecule has 2 unspecified atom stereocenters. The van der Waals surface area contributed by atoms with Gasteiger partial charge in [0.15, 0.2) is 0 Å². The summed E-state index contributed by atoms with van der Waals surface area (Å²) in [5, 5.41) is -0.388. The van der Waals surface area contributed by atoms with Gasteiger partial charge in [0.2, 0.25) is 15.3 Å². The van der Waals surface area contributed by atoms with Crippen LogP contribution in [0, 0.1) is 0 Å². The molecule has 0 bridgehead atoms. The molecule has 1 N–H and O–H groups in total. The summed E-state index contributed by atoms with van der Waals surface area (Å²) in [6.45, 7) is 5.05. The molecule has 0 amide bonds. The van der Waals surface area contributed by atoms with Crippen LogP contribution >= 0.6 is 11.6 Å². The average Bonchev–Trinajstić information content (AvgIpc) is 3.14. The smallest absolute Gasteiger partial charge is 0.416 e. The number of nitrogens with one attached hydrogen (secondary N) is 1. The average molecular weight is 486 g/mol. The Kier molecular flexibility index (Phi) is 6.71. The Morgan fingerprint density at radius 2 is 1.84 bits per heavy atom. The molecule has 0 spiro atoms. The van der Waals surface area contributed by atoms with E-state index < -0.39 is 38.2 Å². The van der Waals surface area contributed by atoms with E-state index in [-0.39, 0.29) is 17.7 Å². The molecule has 2 aromatic carbocycles. The van der Waals surface area contributed by atoms with Crippen LogP contribution in [-0.4, -0.2) is 19.4 Å². The van der Waals surface area contributed by atoms with Gasteiger partial charge in [-0.25, -0.2) is 8.42 Å². The van der Waals surface area contributed by atoms with Crippen LogP contribution in [0.15, 0.2) is 61.2 Å². The topological polar surface area (TPSA) is 76.2 Å². The van der Waals surface area contributed by atoms with E-state index in [9.17, 15) is 26.4 Å². The third-order valence-corrected chi connectivity index (χ3v) is 7.17. The summed E-state index contributed by atoms with van der Waals surface area (Å²) in [7, 11) is -4.34. The molecule has 0 aliphatic rings. The van der Waals surface area contributed by atoms with Gasteiger partial charge in [0, 0.05) is 22.3 Å². The first-order valence-electron chi connectivity index (χ1n) is 9.47. The summed E-state index contributed by atoms with van der Waals surface area (Å²) in [5.74, 6) is -0.759. The van der Waals surface area contributed by atoms with Gasteiger partial charge in [0.25, 0.3) is 0 Å². The lowest BCUT2D eigenvalue weighted by Gasteiger charge is -2.22. The van der Waals surface area contributed by atoms with Gasteiger partial charge in [0.05, 0.1) is 11.3 Å². The molecule has 0 saturated heterocycles. The van der Waals surface area contributed by atoms with Crippen molar-refractivity contribution in [3.8, 4) is 0 Å². The predicted octanol–water partition coefficient (Wildman–Crippen LogP) is 6.13. The fourth-order valence-corrected chi connectivity index (χ4v) is 5.19. The third-order valence-electron chi connectivity index (χ3n) is 4.82. The highest BCUT2D eigenvalue weighted by molar-refractivity contribution is 7.91. The standard InChI is InChI=1S/C22H19ClF3NO4S/c1-3-19(13-5-7-15(8-6-13)22(24,25)26)32(29,30)21(31-20(28)4-2)18-12-14-11-16(23)9-10-17(14)27-18/h3,5-12,19,21,27H,1,4H2,2H3. The van der Waals surface area contributed by atoms with Gasteiger partial charge < -0.3 is 9.72 Å². The number of sulfone groups is 1. The van der Waals surface area contributed by atoms with Gasteiger partial charge in [-0.3, -0.25) is 4.79 Å². The van der Waals surface area contributed by atoms with E-state index in [1.807, 2.05) is 0 Å². The lowest BCUT2D eigenvalue weighted by Crippen LogP contribution is -2.25. The van der Waals surface area contributed by atoms with Crippen molar-refractivity contribution in [3.05, 3.63) is 83.0 Å². The molecule has 3 aromatic rings. The molecular weight excluding hydrogens is 467 g/mol. The largest absolute Gasteiger partial charge is 0.439 e. The molecule has 2 atom stereocenters. The molecule has 3 rings (SSSR count). The summed E-state index contributed by atoms with van der Waals surface area (Å²) < 4.78 is 71.0. The lowest BCUT2D eigenvalue weighted by molar-refractivity contribution is -0.145. The first kappa shape index (κ1) is 23.9. The van der Waals surface area contributed by atoms with Crippen LogP contribution in [-0.2, 0) is 25.5 Å². The summed E-state index contributed by atoms with van der Waals surface area (Å²) >= 11 is 5.99. The van der Waals surface area contributed by atoms with Gasteiger partial charge in [0.1, 0.15) is 5.25 Å². The van der Waals surface area contributed by atoms with Gasteiger partial charge >= 0.3 is 12.1 Å². The highest BCUT2D eigenvalue weighted by atomic mass is 35.5. The van der Waals surface area contributed by atoms with Gasteiger partial charge in [-0.05, 0) is 42.0 Å². The number of carbonyl (C=O) groups excluding carboxylic acids is 1. The maximum atomic E-state index is 13.5. The first-order valence-corrected chi connectivity index (χ1v) is 11.5. The van der Waals surface area contributed by atoms with Crippen molar-refractivity contribution in [2.75, 3.05) is 0 Å². The maximum Gasteiger partial charge on any atom is 0.416 e. The zero-order valence-corrected chi connectivity index (χ0v) is 18.4. The molecule has 0 fully saturated rings. The van der Waals surface area contributed by atoms with Crippen molar-refractivity contribution in [1.29, 1.82) is 0 Å². The third kappa shape index (κ3) is 4.83. The summed E-state index contributed by atoms with van der Waals surface area (Å²) in [6, 6.07) is 10.1. The van der Waals surface area contributed by atoms with Crippen molar-refractivity contribution < 1.29 is 31.1 Å². The van der Waals surface area contributed by atoms with Crippen LogP contribution in [0.5, 0.6) is 0 Å². The minimum atomic E-state index is -4.56. The number of H-pyrrole nitrogens is 1. The number of fused-ring (bicyclic) bond motifs is 1. The minimum absolute atomic E-state index is 0.0599. The van der Waals surface area contributed by atoms with Gasteiger partial charge in [-0.15, -0.1) is 6.58 Å². The summed E-state index contributed by atoms with van der Waals surface area (Å²) in [5.41, 5.74) is -1.93. The number of benzene rings is 2. The number of aromatic nitrogens is 1. The molecule has 0 aliphatic carbocycles. The van der Waals surface area contributed by atoms with Crippen molar-refractivity contribution in [3.63, 3.8) is 0 Å². The fourth-order valence-electron chi connectivity index (χ4n) is 3.22. The number of halogens is 4. The number of ether oxygens (including phenoxy) is 1. The van der Waals surface area contributed by atoms with Crippen LogP contribution in [0.4, 0.5) is 13.2 Å². The number of esters is 1. The number of alkyl halides is 3. The summed E-state index contributed by atoms with van der Waals surface area (Å²) in [4.78, 5) is 15.0. The molecule has 1 aromatic heterocycles. The fraction of sp³-hybridized carbons (Fsp3) is 0.227. The number of hydrogen-bond acceptors (Lipinski definition) is 4. The molecule has 32 heavy (non-hydrogen) atoms. The molecule has 0 saturated carbocycles. The van der Waals surface area contributed by atoms with Crippen molar-refractivity contribution in [2.45, 2.75) is 30.2 Å². The van der Waals surface area contributed by atoms with E-state index >= 15 is 0 Å². The van der Waals surface area contributed by atoms with Gasteiger partial charge in [-0.2, -0.15) is 13.2 Å². The van der Waals surface area contributed by atoms with E-state index in [4.69, 9.17) is 16.3 Å². The van der Waals surface area contributed by atoms with Crippen LogP contribution in [0.25, 0.3) is 10.9 Å². The Balaban J connectivity index is 2.08. The highest BCUT2D eigenvalue weighted by Gasteiger charge is 2.39. The molecule has 0 radical (unpaired) electrons. The maximum absolute atomic E-state index is 13.5. The normalized spacial score (nSPS) is 14.2. The Morgan fingerprint density at radius 3 is 2.41 bits per heavy atom. The number of aromatic amines is 1. The van der Waals surface area contributed by atoms with Crippen LogP contribution in [0.2, 0.25) is 5.02 Å². The summed E-state index contributed by atoms with van der Waals surface area (Å²) in [6.07, 6.45) is -3.55. The lowest BCUT2D eigenvalue weighted by atomic mass is 10.1. The zero-order valence-electron chi connectivity index (χ0n) is 16.8. The van der Waals surface area contributed by atoms with Crippen molar-refractivity contribution in [2.24, 2.45) is 0 Å². The van der Waals surface area contributed by atoms with E-state index in [0.29, 0.717) is 15.9 Å². The zero-order chi connectivity index (χ0) is 23.7. The Labute approximate surface area is 187 Å². The molecule has 10 heteroatoms. The number of carbonyl (C=O) groups is 1. The molecular formula is C22H19ClF3NO4S. The minimum Gasteiger partial charge on any atom is -0.439 e. The van der Waals surface area contributed by atoms with E-state index in [2.05, 4.69) is 11.6 Å². The quantitative estimate of drug-likeness (QED) is 0.322. The Hall–Kier alpha value is -2.78. The van der Waals surface area contributed by atoms with E-state index in [1.165, 1.54) is 13.0 Å². The Morgan fingerprint density at radius 1 is 1.19 bits per heavy atom. The first-order chi connectivity index (χ1) is 15.0. The van der Waals surface area contributed by atoms with E-state index in [0.717, 1.165) is 30.3 Å². The van der Waals surface area contributed by atoms with Crippen molar-refractivity contribution >= 4 is 38.3 Å². The number of rotatable bonds is 7. The van der Waals surface area contributed by atoms with Crippen molar-refractivity contribution in [1.82, 2.24) is 4.98 Å². The predicted molar refractivity (Wildman–Crippen MR) is 116 cm³/mol. The Bertz CT molecular complexity index is 1250. The van der Waals surface area contributed by atoms with Gasteiger partial charge in [-0.1, -0.05) is 36.7 Å².